The molecule has 2 amide bonds. The van der Waals surface area contributed by atoms with Crippen molar-refractivity contribution in [3.8, 4) is 0 Å². The zero-order valence-electron chi connectivity index (χ0n) is 11.2. The van der Waals surface area contributed by atoms with Gasteiger partial charge in [-0.2, -0.15) is 0 Å². The summed E-state index contributed by atoms with van der Waals surface area (Å²) in [4.78, 5) is 24.8. The van der Waals surface area contributed by atoms with Crippen molar-refractivity contribution >= 4 is 11.8 Å². The van der Waals surface area contributed by atoms with Crippen LogP contribution in [0.25, 0.3) is 0 Å². The van der Waals surface area contributed by atoms with Crippen molar-refractivity contribution in [2.45, 2.75) is 25.9 Å². The molecule has 1 aliphatic heterocycles. The number of aryl methyl sites for hydroxylation is 1. The minimum Gasteiger partial charge on any atom is -0.326 e. The number of nitrogens with zero attached hydrogens (tertiary/aromatic N) is 1. The van der Waals surface area contributed by atoms with Crippen LogP contribution in [0.5, 0.6) is 0 Å². The van der Waals surface area contributed by atoms with Crippen molar-refractivity contribution in [2.24, 2.45) is 5.73 Å². The number of carbonyl (C=O) groups is 2. The number of imide groups is 1. The summed E-state index contributed by atoms with van der Waals surface area (Å²) in [5.74, 6) is -0.539. The van der Waals surface area contributed by atoms with Crippen molar-refractivity contribution < 1.29 is 9.59 Å². The number of hydrogen-bond donors (Lipinski definition) is 2. The van der Waals surface area contributed by atoms with Crippen LogP contribution in [-0.4, -0.2) is 35.8 Å². The van der Waals surface area contributed by atoms with Gasteiger partial charge in [0.05, 0.1) is 19.1 Å². The highest BCUT2D eigenvalue weighted by Gasteiger charge is 2.31. The number of carbonyl (C=O) groups excluding carboxylic acids is 2. The average Bonchev–Trinajstić information content (AvgIpc) is 2.30. The van der Waals surface area contributed by atoms with Crippen molar-refractivity contribution in [1.29, 1.82) is 0 Å². The molecule has 0 saturated carbocycles. The molecule has 5 heteroatoms. The van der Waals surface area contributed by atoms with E-state index in [1.807, 2.05) is 43.0 Å². The molecule has 0 aromatic heterocycles. The quantitative estimate of drug-likeness (QED) is 0.769. The monoisotopic (exact) mass is 261 g/mol. The Kier molecular flexibility index (Phi) is 3.97. The summed E-state index contributed by atoms with van der Waals surface area (Å²) in [5.41, 5.74) is 8.24. The molecule has 2 rings (SSSR count). The van der Waals surface area contributed by atoms with Gasteiger partial charge in [0.25, 0.3) is 0 Å². The average molecular weight is 261 g/mol. The molecule has 1 fully saturated rings. The summed E-state index contributed by atoms with van der Waals surface area (Å²) in [6.07, 6.45) is 0. The molecule has 0 aliphatic carbocycles. The number of nitrogens with one attached hydrogen (secondary N) is 1. The molecule has 1 aliphatic rings. The summed E-state index contributed by atoms with van der Waals surface area (Å²) in [6.45, 7) is 4.31. The van der Waals surface area contributed by atoms with E-state index in [1.54, 1.807) is 0 Å². The van der Waals surface area contributed by atoms with Gasteiger partial charge in [-0.25, -0.2) is 0 Å². The van der Waals surface area contributed by atoms with Crippen LogP contribution in [0.1, 0.15) is 24.1 Å². The third kappa shape index (κ3) is 3.19. The Hall–Kier alpha value is -1.72. The lowest BCUT2D eigenvalue weighted by Crippen LogP contribution is -2.54. The molecule has 1 aromatic rings. The summed E-state index contributed by atoms with van der Waals surface area (Å²) in [5, 5.41) is 2.30. The van der Waals surface area contributed by atoms with E-state index in [0.29, 0.717) is 0 Å². The first kappa shape index (κ1) is 13.7. The highest BCUT2D eigenvalue weighted by atomic mass is 16.2. The molecule has 19 heavy (non-hydrogen) atoms. The number of nitrogens with two attached hydrogens (primary N) is 1. The summed E-state index contributed by atoms with van der Waals surface area (Å²) >= 11 is 0. The van der Waals surface area contributed by atoms with E-state index < -0.39 is 0 Å². The molecule has 2 atom stereocenters. The van der Waals surface area contributed by atoms with E-state index in [2.05, 4.69) is 5.32 Å². The van der Waals surface area contributed by atoms with Gasteiger partial charge >= 0.3 is 0 Å². The Morgan fingerprint density at radius 3 is 2.16 bits per heavy atom. The predicted molar refractivity (Wildman–Crippen MR) is 72.3 cm³/mol. The summed E-state index contributed by atoms with van der Waals surface area (Å²) in [7, 11) is 0. The van der Waals surface area contributed by atoms with E-state index in [1.165, 1.54) is 5.56 Å². The van der Waals surface area contributed by atoms with E-state index in [0.717, 1.165) is 5.56 Å². The molecule has 1 heterocycles. The molecule has 1 saturated heterocycles. The molecule has 0 radical (unpaired) electrons. The second-order valence-corrected chi connectivity index (χ2v) is 5.09. The Morgan fingerprint density at radius 2 is 1.68 bits per heavy atom. The van der Waals surface area contributed by atoms with Crippen molar-refractivity contribution in [1.82, 2.24) is 10.2 Å². The number of rotatable bonds is 3. The first-order valence-corrected chi connectivity index (χ1v) is 6.36. The minimum atomic E-state index is -0.269. The van der Waals surface area contributed by atoms with E-state index >= 15 is 0 Å². The number of hydrogen-bond acceptors (Lipinski definition) is 4. The zero-order valence-corrected chi connectivity index (χ0v) is 11.2. The second kappa shape index (κ2) is 5.50. The maximum Gasteiger partial charge on any atom is 0.240 e. The molecule has 3 N–H and O–H groups in total. The summed E-state index contributed by atoms with van der Waals surface area (Å²) in [6, 6.07) is 7.73. The van der Waals surface area contributed by atoms with Gasteiger partial charge in [0.2, 0.25) is 11.8 Å². The van der Waals surface area contributed by atoms with Gasteiger partial charge in [-0.15, -0.1) is 0 Å². The van der Waals surface area contributed by atoms with Gasteiger partial charge < -0.3 is 5.73 Å². The largest absolute Gasteiger partial charge is 0.326 e. The van der Waals surface area contributed by atoms with Crippen LogP contribution in [-0.2, 0) is 9.59 Å². The normalized spacial score (nSPS) is 19.9. The van der Waals surface area contributed by atoms with E-state index in [-0.39, 0.29) is 37.0 Å². The maximum atomic E-state index is 11.5. The van der Waals surface area contributed by atoms with Gasteiger partial charge in [0, 0.05) is 6.04 Å². The van der Waals surface area contributed by atoms with Crippen molar-refractivity contribution in [2.75, 3.05) is 13.1 Å². The van der Waals surface area contributed by atoms with Gasteiger partial charge in [0.1, 0.15) is 0 Å². The molecule has 5 nitrogen and oxygen atoms in total. The smallest absolute Gasteiger partial charge is 0.240 e. The van der Waals surface area contributed by atoms with E-state index in [4.69, 9.17) is 5.73 Å². The lowest BCUT2D eigenvalue weighted by atomic mass is 9.97. The Balaban J connectivity index is 2.27. The fraction of sp³-hybridized carbons (Fsp3) is 0.429. The molecule has 0 bridgehead atoms. The lowest BCUT2D eigenvalue weighted by molar-refractivity contribution is -0.137. The highest BCUT2D eigenvalue weighted by Crippen LogP contribution is 2.24. The standard InChI is InChI=1S/C14H19N3O2/c1-9-3-5-11(6-4-9)14(10(2)15)17-7-12(18)16-13(19)8-17/h3-6,10,14H,7-8,15H2,1-2H3,(H,16,18,19). The molecule has 2 unspecified atom stereocenters. The molecule has 102 valence electrons. The van der Waals surface area contributed by atoms with Gasteiger partial charge in [-0.05, 0) is 19.4 Å². The lowest BCUT2D eigenvalue weighted by Gasteiger charge is -2.35. The number of piperazine rings is 1. The van der Waals surface area contributed by atoms with Gasteiger partial charge in [-0.1, -0.05) is 29.8 Å². The fourth-order valence-corrected chi connectivity index (χ4v) is 2.47. The van der Waals surface area contributed by atoms with Crippen LogP contribution in [0.2, 0.25) is 0 Å². The van der Waals surface area contributed by atoms with Crippen LogP contribution < -0.4 is 11.1 Å². The van der Waals surface area contributed by atoms with Crippen LogP contribution in [0.15, 0.2) is 24.3 Å². The van der Waals surface area contributed by atoms with Gasteiger partial charge in [0.15, 0.2) is 0 Å². The molecular formula is C14H19N3O2. The Morgan fingerprint density at radius 1 is 1.16 bits per heavy atom. The molecule has 1 aromatic carbocycles. The van der Waals surface area contributed by atoms with Crippen LogP contribution in [0, 0.1) is 6.92 Å². The van der Waals surface area contributed by atoms with Crippen molar-refractivity contribution in [3.05, 3.63) is 35.4 Å². The fourth-order valence-electron chi connectivity index (χ4n) is 2.47. The van der Waals surface area contributed by atoms with E-state index in [9.17, 15) is 9.59 Å². The topological polar surface area (TPSA) is 75.4 Å². The summed E-state index contributed by atoms with van der Waals surface area (Å²) < 4.78 is 0. The molecule has 0 spiro atoms. The first-order chi connectivity index (χ1) is 8.97. The number of amides is 2. The third-order valence-corrected chi connectivity index (χ3v) is 3.28. The predicted octanol–water partition coefficient (Wildman–Crippen LogP) is 0.342. The Bertz CT molecular complexity index is 466. The van der Waals surface area contributed by atoms with Crippen LogP contribution >= 0.6 is 0 Å². The maximum absolute atomic E-state index is 11.5. The zero-order chi connectivity index (χ0) is 14.0. The highest BCUT2D eigenvalue weighted by molar-refractivity contribution is 5.99. The van der Waals surface area contributed by atoms with Crippen LogP contribution in [0.3, 0.4) is 0 Å². The third-order valence-electron chi connectivity index (χ3n) is 3.28. The Labute approximate surface area is 112 Å². The van der Waals surface area contributed by atoms with Gasteiger partial charge in [-0.3, -0.25) is 19.8 Å². The van der Waals surface area contributed by atoms with Crippen molar-refractivity contribution in [3.63, 3.8) is 0 Å². The van der Waals surface area contributed by atoms with Crippen LogP contribution in [0.4, 0.5) is 0 Å². The first-order valence-electron chi connectivity index (χ1n) is 6.36. The second-order valence-electron chi connectivity index (χ2n) is 5.09. The number of benzene rings is 1. The SMILES string of the molecule is Cc1ccc(C(C(C)N)N2CC(=O)NC(=O)C2)cc1. The molecular weight excluding hydrogens is 242 g/mol. The minimum absolute atomic E-state index is 0.129.